The Bertz CT molecular complexity index is 596. The summed E-state index contributed by atoms with van der Waals surface area (Å²) < 4.78 is 50.2. The van der Waals surface area contributed by atoms with Gasteiger partial charge in [-0.1, -0.05) is 0 Å². The molecule has 1 aliphatic rings. The van der Waals surface area contributed by atoms with E-state index in [1.54, 1.807) is 6.26 Å². The summed E-state index contributed by atoms with van der Waals surface area (Å²) in [4.78, 5) is 2.23. The monoisotopic (exact) mass is 334 g/mol. The maximum Gasteiger partial charge on any atom is 0.243 e. The summed E-state index contributed by atoms with van der Waals surface area (Å²) in [5.41, 5.74) is 0. The van der Waals surface area contributed by atoms with E-state index in [0.717, 1.165) is 12.1 Å². The summed E-state index contributed by atoms with van der Waals surface area (Å²) in [6.07, 6.45) is 1.66. The molecule has 1 aromatic rings. The Morgan fingerprint density at radius 1 is 1.14 bits per heavy atom. The first kappa shape index (κ1) is 16.5. The Hall–Kier alpha value is -0.830. The van der Waals surface area contributed by atoms with Crippen LogP contribution in [0.25, 0.3) is 0 Å². The van der Waals surface area contributed by atoms with Crippen molar-refractivity contribution >= 4 is 20.8 Å². The van der Waals surface area contributed by atoms with E-state index >= 15 is 0 Å². The van der Waals surface area contributed by atoms with E-state index in [1.807, 2.05) is 0 Å². The van der Waals surface area contributed by atoms with Crippen LogP contribution in [0.4, 0.5) is 4.39 Å². The Morgan fingerprint density at radius 2 is 1.71 bits per heavy atom. The number of hydrogen-bond acceptors (Lipinski definition) is 4. The second-order valence-electron chi connectivity index (χ2n) is 4.98. The van der Waals surface area contributed by atoms with Crippen LogP contribution >= 0.6 is 0 Å². The molecular formula is C13H19FN2O3S2. The van der Waals surface area contributed by atoms with Gasteiger partial charge < -0.3 is 0 Å². The van der Waals surface area contributed by atoms with E-state index in [1.165, 1.54) is 16.4 Å². The number of hydrogen-bond donors (Lipinski definition) is 0. The summed E-state index contributed by atoms with van der Waals surface area (Å²) >= 11 is 0. The van der Waals surface area contributed by atoms with Crippen molar-refractivity contribution in [2.75, 3.05) is 44.7 Å². The second-order valence-corrected chi connectivity index (χ2v) is 8.47. The SMILES string of the molecule is CS(=O)CCN1CCN(S(=O)(=O)c2ccc(F)cc2)CC1. The van der Waals surface area contributed by atoms with Crippen LogP contribution in [0.3, 0.4) is 0 Å². The van der Waals surface area contributed by atoms with Gasteiger partial charge in [-0.2, -0.15) is 4.31 Å². The Morgan fingerprint density at radius 3 is 2.24 bits per heavy atom. The molecule has 1 atom stereocenters. The minimum Gasteiger partial charge on any atom is -0.300 e. The lowest BCUT2D eigenvalue weighted by molar-refractivity contribution is 0.197. The number of nitrogens with zero attached hydrogens (tertiary/aromatic N) is 2. The van der Waals surface area contributed by atoms with Crippen LogP contribution in [-0.4, -0.2) is 66.6 Å². The topological polar surface area (TPSA) is 57.7 Å². The standard InChI is InChI=1S/C13H19FN2O3S2/c1-20(17)11-10-15-6-8-16(9-7-15)21(18,19)13-4-2-12(14)3-5-13/h2-5H,6-11H2,1H3. The quantitative estimate of drug-likeness (QED) is 0.787. The molecule has 21 heavy (non-hydrogen) atoms. The van der Waals surface area contributed by atoms with Gasteiger partial charge in [0.1, 0.15) is 5.82 Å². The van der Waals surface area contributed by atoms with Crippen LogP contribution in [0.15, 0.2) is 29.2 Å². The van der Waals surface area contributed by atoms with Crippen LogP contribution in [-0.2, 0) is 20.8 Å². The van der Waals surface area contributed by atoms with Crippen molar-refractivity contribution in [1.82, 2.24) is 9.21 Å². The molecule has 1 saturated heterocycles. The molecule has 2 rings (SSSR count). The Labute approximate surface area is 127 Å². The number of rotatable bonds is 5. The molecular weight excluding hydrogens is 315 g/mol. The molecule has 0 aliphatic carbocycles. The van der Waals surface area contributed by atoms with Gasteiger partial charge in [-0.3, -0.25) is 9.11 Å². The maximum atomic E-state index is 12.9. The molecule has 0 amide bonds. The van der Waals surface area contributed by atoms with Gasteiger partial charge in [0.05, 0.1) is 4.90 Å². The van der Waals surface area contributed by atoms with Crippen molar-refractivity contribution in [3.63, 3.8) is 0 Å². The molecule has 1 aromatic carbocycles. The van der Waals surface area contributed by atoms with E-state index in [-0.39, 0.29) is 4.90 Å². The molecule has 0 bridgehead atoms. The molecule has 1 fully saturated rings. The fourth-order valence-corrected chi connectivity index (χ4v) is 4.14. The van der Waals surface area contributed by atoms with Crippen LogP contribution in [0.2, 0.25) is 0 Å². The van der Waals surface area contributed by atoms with Gasteiger partial charge in [0, 0.05) is 55.5 Å². The number of sulfonamides is 1. The van der Waals surface area contributed by atoms with Crippen LogP contribution < -0.4 is 0 Å². The fourth-order valence-electron chi connectivity index (χ4n) is 2.21. The molecule has 0 saturated carbocycles. The van der Waals surface area contributed by atoms with Crippen molar-refractivity contribution in [2.24, 2.45) is 0 Å². The second kappa shape index (κ2) is 6.95. The van der Waals surface area contributed by atoms with Crippen molar-refractivity contribution in [3.05, 3.63) is 30.1 Å². The minimum atomic E-state index is -3.55. The van der Waals surface area contributed by atoms with Gasteiger partial charge >= 0.3 is 0 Å². The lowest BCUT2D eigenvalue weighted by Crippen LogP contribution is -2.49. The summed E-state index contributed by atoms with van der Waals surface area (Å²) in [7, 11) is -4.39. The summed E-state index contributed by atoms with van der Waals surface area (Å²) in [5, 5.41) is 0. The first-order chi connectivity index (χ1) is 9.89. The fraction of sp³-hybridized carbons (Fsp3) is 0.538. The van der Waals surface area contributed by atoms with Gasteiger partial charge in [-0.05, 0) is 24.3 Å². The molecule has 8 heteroatoms. The van der Waals surface area contributed by atoms with E-state index in [9.17, 15) is 17.0 Å². The summed E-state index contributed by atoms with van der Waals surface area (Å²) in [6, 6.07) is 4.88. The highest BCUT2D eigenvalue weighted by atomic mass is 32.2. The highest BCUT2D eigenvalue weighted by Gasteiger charge is 2.28. The molecule has 0 radical (unpaired) electrons. The predicted molar refractivity (Wildman–Crippen MR) is 80.5 cm³/mol. The number of benzene rings is 1. The molecule has 1 heterocycles. The zero-order valence-electron chi connectivity index (χ0n) is 11.9. The molecule has 0 aromatic heterocycles. The van der Waals surface area contributed by atoms with Crippen LogP contribution in [0, 0.1) is 5.82 Å². The van der Waals surface area contributed by atoms with Gasteiger partial charge in [-0.25, -0.2) is 12.8 Å². The largest absolute Gasteiger partial charge is 0.300 e. The average molecular weight is 334 g/mol. The smallest absolute Gasteiger partial charge is 0.243 e. The van der Waals surface area contributed by atoms with E-state index in [0.29, 0.717) is 38.5 Å². The lowest BCUT2D eigenvalue weighted by Gasteiger charge is -2.33. The normalized spacial score (nSPS) is 19.5. The third-order valence-corrected chi connectivity index (χ3v) is 6.15. The Kier molecular flexibility index (Phi) is 5.48. The Balaban J connectivity index is 1.97. The highest BCUT2D eigenvalue weighted by Crippen LogP contribution is 2.17. The number of piperazine rings is 1. The van der Waals surface area contributed by atoms with Crippen molar-refractivity contribution in [1.29, 1.82) is 0 Å². The van der Waals surface area contributed by atoms with E-state index in [2.05, 4.69) is 4.90 Å². The zero-order valence-corrected chi connectivity index (χ0v) is 13.5. The number of halogens is 1. The molecule has 0 N–H and O–H groups in total. The van der Waals surface area contributed by atoms with Crippen molar-refractivity contribution in [2.45, 2.75) is 4.90 Å². The zero-order chi connectivity index (χ0) is 15.5. The van der Waals surface area contributed by atoms with E-state index in [4.69, 9.17) is 0 Å². The van der Waals surface area contributed by atoms with Gasteiger partial charge in [0.2, 0.25) is 10.0 Å². The minimum absolute atomic E-state index is 0.118. The highest BCUT2D eigenvalue weighted by molar-refractivity contribution is 7.89. The molecule has 118 valence electrons. The molecule has 1 unspecified atom stereocenters. The molecule has 1 aliphatic heterocycles. The van der Waals surface area contributed by atoms with Gasteiger partial charge in [0.25, 0.3) is 0 Å². The first-order valence-electron chi connectivity index (χ1n) is 6.68. The maximum absolute atomic E-state index is 12.9. The van der Waals surface area contributed by atoms with Crippen LogP contribution in [0.1, 0.15) is 0 Å². The predicted octanol–water partition coefficient (Wildman–Crippen LogP) is 0.511. The summed E-state index contributed by atoms with van der Waals surface area (Å²) in [5.74, 6) is 0.149. The van der Waals surface area contributed by atoms with E-state index < -0.39 is 26.6 Å². The third kappa shape index (κ3) is 4.32. The van der Waals surface area contributed by atoms with Gasteiger partial charge in [0.15, 0.2) is 0 Å². The van der Waals surface area contributed by atoms with Crippen molar-refractivity contribution in [3.8, 4) is 0 Å². The first-order valence-corrected chi connectivity index (χ1v) is 9.84. The molecule has 0 spiro atoms. The van der Waals surface area contributed by atoms with Gasteiger partial charge in [-0.15, -0.1) is 0 Å². The third-order valence-electron chi connectivity index (χ3n) is 3.48. The molecule has 5 nitrogen and oxygen atoms in total. The van der Waals surface area contributed by atoms with Crippen LogP contribution in [0.5, 0.6) is 0 Å². The lowest BCUT2D eigenvalue weighted by atomic mass is 10.3. The van der Waals surface area contributed by atoms with Crippen molar-refractivity contribution < 1.29 is 17.0 Å². The average Bonchev–Trinajstić information content (AvgIpc) is 2.46. The summed E-state index contributed by atoms with van der Waals surface area (Å²) in [6.45, 7) is 2.76.